The smallest absolute Gasteiger partial charge is 0.271 e. The summed E-state index contributed by atoms with van der Waals surface area (Å²) < 4.78 is 5.49. The molecule has 0 aliphatic carbocycles. The molecule has 1 aromatic carbocycles. The van der Waals surface area contributed by atoms with Crippen LogP contribution in [-0.4, -0.2) is 55.0 Å². The Hall–Kier alpha value is -1.66. The fourth-order valence-corrected chi connectivity index (χ4v) is 4.54. The lowest BCUT2D eigenvalue weighted by Gasteiger charge is -2.44. The summed E-state index contributed by atoms with van der Waals surface area (Å²) in [5.74, 6) is 0.613. The van der Waals surface area contributed by atoms with Crippen LogP contribution >= 0.6 is 11.5 Å². The Morgan fingerprint density at radius 1 is 1.35 bits per heavy atom. The molecule has 4 heterocycles. The number of benzene rings is 1. The first-order chi connectivity index (χ1) is 11.1. The van der Waals surface area contributed by atoms with Gasteiger partial charge in [-0.1, -0.05) is 0 Å². The highest BCUT2D eigenvalue weighted by molar-refractivity contribution is 7.13. The van der Waals surface area contributed by atoms with Gasteiger partial charge in [0, 0.05) is 37.8 Å². The molecule has 0 saturated carbocycles. The maximum Gasteiger partial charge on any atom is 0.271 e. The first-order valence-electron chi connectivity index (χ1n) is 8.22. The highest BCUT2D eigenvalue weighted by Gasteiger charge is 2.35. The molecule has 3 fully saturated rings. The van der Waals surface area contributed by atoms with Crippen LogP contribution in [0.15, 0.2) is 18.2 Å². The molecule has 1 aromatic heterocycles. The zero-order valence-corrected chi connectivity index (χ0v) is 14.4. The van der Waals surface area contributed by atoms with Gasteiger partial charge in [-0.2, -0.15) is 4.37 Å². The third-order valence-electron chi connectivity index (χ3n) is 5.16. The average Bonchev–Trinajstić information content (AvgIpc) is 2.99. The van der Waals surface area contributed by atoms with Gasteiger partial charge in [-0.05, 0) is 61.6 Å². The summed E-state index contributed by atoms with van der Waals surface area (Å²) in [5, 5.41) is 4.19. The summed E-state index contributed by atoms with van der Waals surface area (Å²) in [6.07, 6.45) is 2.41. The Morgan fingerprint density at radius 3 is 2.78 bits per heavy atom. The van der Waals surface area contributed by atoms with E-state index in [1.165, 1.54) is 37.5 Å². The second-order valence-electron chi connectivity index (χ2n) is 6.82. The molecule has 0 spiro atoms. The third-order valence-corrected chi connectivity index (χ3v) is 5.97. The number of rotatable bonds is 3. The van der Waals surface area contributed by atoms with Crippen LogP contribution in [-0.2, 0) is 0 Å². The lowest BCUT2D eigenvalue weighted by Crippen LogP contribution is -2.57. The lowest BCUT2D eigenvalue weighted by atomic mass is 9.84. The number of hydrogen-bond acceptors (Lipinski definition) is 5. The van der Waals surface area contributed by atoms with Crippen LogP contribution in [0.5, 0.6) is 0 Å². The molecule has 5 rings (SSSR count). The molecule has 3 saturated heterocycles. The van der Waals surface area contributed by atoms with Crippen LogP contribution in [0, 0.1) is 5.92 Å². The Kier molecular flexibility index (Phi) is 3.73. The van der Waals surface area contributed by atoms with E-state index in [1.807, 2.05) is 26.2 Å². The Bertz CT molecular complexity index is 733. The maximum atomic E-state index is 12.7. The number of anilines is 1. The number of aromatic nitrogens is 1. The van der Waals surface area contributed by atoms with E-state index in [1.54, 1.807) is 0 Å². The molecule has 0 radical (unpaired) electrons. The van der Waals surface area contributed by atoms with E-state index in [0.717, 1.165) is 22.3 Å². The zero-order valence-electron chi connectivity index (χ0n) is 13.6. The van der Waals surface area contributed by atoms with Crippen molar-refractivity contribution in [2.45, 2.75) is 18.9 Å². The number of piperidine rings is 3. The highest BCUT2D eigenvalue weighted by atomic mass is 32.1. The quantitative estimate of drug-likeness (QED) is 0.937. The van der Waals surface area contributed by atoms with Crippen molar-refractivity contribution >= 4 is 33.2 Å². The van der Waals surface area contributed by atoms with Crippen molar-refractivity contribution in [1.29, 1.82) is 0 Å². The normalized spacial score (nSPS) is 26.4. The van der Waals surface area contributed by atoms with Crippen LogP contribution in [0.2, 0.25) is 0 Å². The van der Waals surface area contributed by atoms with Crippen LogP contribution in [0.3, 0.4) is 0 Å². The minimum atomic E-state index is -0.0207. The zero-order chi connectivity index (χ0) is 16.0. The number of hydrogen-bond donors (Lipinski definition) is 1. The second-order valence-corrected chi connectivity index (χ2v) is 7.63. The third kappa shape index (κ3) is 2.70. The number of amides is 1. The van der Waals surface area contributed by atoms with Crippen molar-refractivity contribution in [2.75, 3.05) is 38.6 Å². The molecule has 1 N–H and O–H groups in total. The van der Waals surface area contributed by atoms with Gasteiger partial charge in [-0.3, -0.25) is 4.79 Å². The number of carbonyl (C=O) groups is 1. The average molecular weight is 330 g/mol. The van der Waals surface area contributed by atoms with Gasteiger partial charge < -0.3 is 15.1 Å². The summed E-state index contributed by atoms with van der Waals surface area (Å²) in [7, 11) is 4.03. The van der Waals surface area contributed by atoms with Gasteiger partial charge in [-0.15, -0.1) is 0 Å². The van der Waals surface area contributed by atoms with Crippen molar-refractivity contribution in [3.63, 3.8) is 0 Å². The molecule has 3 aliphatic heterocycles. The van der Waals surface area contributed by atoms with E-state index < -0.39 is 0 Å². The van der Waals surface area contributed by atoms with Gasteiger partial charge in [0.25, 0.3) is 5.91 Å². The molecule has 122 valence electrons. The van der Waals surface area contributed by atoms with Gasteiger partial charge in [0.2, 0.25) is 0 Å². The van der Waals surface area contributed by atoms with Crippen LogP contribution < -0.4 is 10.2 Å². The molecule has 23 heavy (non-hydrogen) atoms. The van der Waals surface area contributed by atoms with E-state index in [0.29, 0.717) is 11.6 Å². The largest absolute Gasteiger partial charge is 0.378 e. The van der Waals surface area contributed by atoms with Crippen LogP contribution in [0.25, 0.3) is 10.1 Å². The molecule has 0 unspecified atom stereocenters. The lowest BCUT2D eigenvalue weighted by molar-refractivity contribution is 0.0619. The van der Waals surface area contributed by atoms with Gasteiger partial charge in [0.1, 0.15) is 5.69 Å². The summed E-state index contributed by atoms with van der Waals surface area (Å²) in [4.78, 5) is 17.2. The van der Waals surface area contributed by atoms with Crippen molar-refractivity contribution in [1.82, 2.24) is 14.6 Å². The topological polar surface area (TPSA) is 48.5 Å². The number of fused-ring (bicyclic) bond motifs is 4. The fourth-order valence-electron chi connectivity index (χ4n) is 3.73. The fraction of sp³-hybridized carbons (Fsp3) is 0.529. The summed E-state index contributed by atoms with van der Waals surface area (Å²) in [6, 6.07) is 6.43. The van der Waals surface area contributed by atoms with E-state index >= 15 is 0 Å². The molecule has 1 atom stereocenters. The van der Waals surface area contributed by atoms with Crippen molar-refractivity contribution in [3.8, 4) is 0 Å². The molecule has 2 bridgehead atoms. The molecule has 3 aliphatic rings. The Morgan fingerprint density at radius 2 is 2.13 bits per heavy atom. The van der Waals surface area contributed by atoms with Gasteiger partial charge in [0.15, 0.2) is 0 Å². The molecule has 2 aromatic rings. The number of nitrogens with zero attached hydrogens (tertiary/aromatic N) is 3. The van der Waals surface area contributed by atoms with Crippen LogP contribution in [0.4, 0.5) is 5.69 Å². The van der Waals surface area contributed by atoms with E-state index in [9.17, 15) is 4.79 Å². The van der Waals surface area contributed by atoms with Crippen LogP contribution in [0.1, 0.15) is 23.3 Å². The molecule has 5 nitrogen and oxygen atoms in total. The van der Waals surface area contributed by atoms with Gasteiger partial charge in [0.05, 0.1) is 4.70 Å². The summed E-state index contributed by atoms with van der Waals surface area (Å²) >= 11 is 1.40. The summed E-state index contributed by atoms with van der Waals surface area (Å²) in [6.45, 7) is 3.36. The first kappa shape index (κ1) is 14.9. The van der Waals surface area contributed by atoms with Gasteiger partial charge in [-0.25, -0.2) is 0 Å². The first-order valence-corrected chi connectivity index (χ1v) is 8.99. The minimum absolute atomic E-state index is 0.0207. The van der Waals surface area contributed by atoms with E-state index in [2.05, 4.69) is 25.6 Å². The Balaban J connectivity index is 1.55. The standard InChI is InChI=1S/C17H22N4OS/c1-20(2)12-3-4-13-15(9-12)23-19-16(13)17(22)18-14-10-21-7-5-11(14)6-8-21/h3-4,9,11,14H,5-8,10H2,1-2H3,(H,18,22)/t14-/m1/s1. The second kappa shape index (κ2) is 5.76. The monoisotopic (exact) mass is 330 g/mol. The van der Waals surface area contributed by atoms with E-state index in [-0.39, 0.29) is 11.9 Å². The molecular formula is C17H22N4OS. The predicted octanol–water partition coefficient (Wildman–Crippen LogP) is 2.19. The summed E-state index contributed by atoms with van der Waals surface area (Å²) in [5.41, 5.74) is 1.71. The number of carbonyl (C=O) groups excluding carboxylic acids is 1. The SMILES string of the molecule is CN(C)c1ccc2c(C(=O)N[C@@H]3CN4CCC3CC4)nsc2c1. The molecular weight excluding hydrogens is 308 g/mol. The molecule has 6 heteroatoms. The maximum absolute atomic E-state index is 12.7. The van der Waals surface area contributed by atoms with Crippen molar-refractivity contribution in [2.24, 2.45) is 5.92 Å². The number of nitrogens with one attached hydrogen (secondary N) is 1. The van der Waals surface area contributed by atoms with Gasteiger partial charge >= 0.3 is 0 Å². The molecule has 1 amide bonds. The highest BCUT2D eigenvalue weighted by Crippen LogP contribution is 2.29. The van der Waals surface area contributed by atoms with E-state index in [4.69, 9.17) is 0 Å². The minimum Gasteiger partial charge on any atom is -0.378 e. The van der Waals surface area contributed by atoms with Crippen molar-refractivity contribution in [3.05, 3.63) is 23.9 Å². The predicted molar refractivity (Wildman–Crippen MR) is 94.4 cm³/mol. The Labute approximate surface area is 140 Å². The van der Waals surface area contributed by atoms with Crippen molar-refractivity contribution < 1.29 is 4.79 Å².